The normalized spacial score (nSPS) is 38.4. The van der Waals surface area contributed by atoms with Gasteiger partial charge in [0.15, 0.2) is 0 Å². The van der Waals surface area contributed by atoms with Gasteiger partial charge < -0.3 is 5.32 Å². The van der Waals surface area contributed by atoms with Crippen LogP contribution in [0.1, 0.15) is 32.6 Å². The number of nitrogens with zero attached hydrogens (tertiary/aromatic N) is 1. The molecule has 0 aromatic carbocycles. The molecule has 0 spiro atoms. The minimum atomic E-state index is -0.0450. The maximum Gasteiger partial charge on any atom is 0.233 e. The van der Waals surface area contributed by atoms with Crippen molar-refractivity contribution in [3.63, 3.8) is 0 Å². The van der Waals surface area contributed by atoms with Crippen molar-refractivity contribution in [2.24, 2.45) is 29.6 Å². The Hall–Kier alpha value is -1.16. The van der Waals surface area contributed by atoms with E-state index in [0.717, 1.165) is 18.9 Å². The van der Waals surface area contributed by atoms with E-state index in [1.807, 2.05) is 0 Å². The summed E-state index contributed by atoms with van der Waals surface area (Å²) in [5.41, 5.74) is 0. The summed E-state index contributed by atoms with van der Waals surface area (Å²) in [6.07, 6.45) is 9.27. The third-order valence-corrected chi connectivity index (χ3v) is 5.77. The van der Waals surface area contributed by atoms with Crippen molar-refractivity contribution in [3.8, 4) is 0 Å². The molecule has 0 radical (unpaired) electrons. The molecule has 4 aliphatic rings. The fourth-order valence-electron chi connectivity index (χ4n) is 4.54. The van der Waals surface area contributed by atoms with Crippen molar-refractivity contribution < 1.29 is 9.59 Å². The van der Waals surface area contributed by atoms with E-state index >= 15 is 0 Å². The average Bonchev–Trinajstić information content (AvgIpc) is 2.95. The summed E-state index contributed by atoms with van der Waals surface area (Å²) in [6.45, 7) is 3.47. The molecule has 4 rings (SSSR count). The van der Waals surface area contributed by atoms with Gasteiger partial charge in [-0.2, -0.15) is 0 Å². The molecule has 114 valence electrons. The number of hydrogen-bond donors (Lipinski definition) is 1. The summed E-state index contributed by atoms with van der Waals surface area (Å²) in [6, 6.07) is 0.489. The van der Waals surface area contributed by atoms with Crippen LogP contribution in [0, 0.1) is 29.6 Å². The quantitative estimate of drug-likeness (QED) is 0.596. The highest BCUT2D eigenvalue weighted by Gasteiger charge is 2.58. The highest BCUT2D eigenvalue weighted by Crippen LogP contribution is 2.52. The Morgan fingerprint density at radius 3 is 2.38 bits per heavy atom. The number of carbonyl (C=O) groups is 2. The Morgan fingerprint density at radius 1 is 1.19 bits per heavy atom. The highest BCUT2D eigenvalue weighted by molar-refractivity contribution is 6.06. The molecule has 3 fully saturated rings. The van der Waals surface area contributed by atoms with Gasteiger partial charge in [0.05, 0.1) is 11.8 Å². The molecule has 2 bridgehead atoms. The fraction of sp³-hybridized carbons (Fsp3) is 0.765. The zero-order chi connectivity index (χ0) is 14.6. The Morgan fingerprint density at radius 2 is 1.81 bits per heavy atom. The summed E-state index contributed by atoms with van der Waals surface area (Å²) in [5, 5.41) is 3.46. The van der Waals surface area contributed by atoms with Crippen LogP contribution in [0.15, 0.2) is 12.2 Å². The van der Waals surface area contributed by atoms with Gasteiger partial charge in [-0.15, -0.1) is 0 Å². The lowest BCUT2D eigenvalue weighted by molar-refractivity contribution is -0.140. The molecule has 0 aromatic rings. The van der Waals surface area contributed by atoms with Crippen LogP contribution in [0.4, 0.5) is 0 Å². The molecule has 5 atom stereocenters. The topological polar surface area (TPSA) is 49.4 Å². The molecule has 0 aromatic heterocycles. The molecule has 21 heavy (non-hydrogen) atoms. The van der Waals surface area contributed by atoms with Crippen LogP contribution in [-0.2, 0) is 9.59 Å². The van der Waals surface area contributed by atoms with E-state index in [4.69, 9.17) is 0 Å². The first-order chi connectivity index (χ1) is 10.1. The largest absolute Gasteiger partial charge is 0.312 e. The number of fused-ring (bicyclic) bond motifs is 5. The predicted octanol–water partition coefficient (Wildman–Crippen LogP) is 1.57. The molecule has 3 aliphatic carbocycles. The van der Waals surface area contributed by atoms with Gasteiger partial charge in [0.1, 0.15) is 0 Å². The molecule has 1 saturated heterocycles. The van der Waals surface area contributed by atoms with E-state index in [0.29, 0.717) is 24.4 Å². The second-order valence-corrected chi connectivity index (χ2v) is 7.36. The molecule has 4 heteroatoms. The molecule has 1 N–H and O–H groups in total. The van der Waals surface area contributed by atoms with Crippen LogP contribution in [-0.4, -0.2) is 35.8 Å². The zero-order valence-electron chi connectivity index (χ0n) is 12.6. The van der Waals surface area contributed by atoms with Gasteiger partial charge in [0.2, 0.25) is 11.8 Å². The van der Waals surface area contributed by atoms with Crippen molar-refractivity contribution in [2.45, 2.75) is 38.6 Å². The number of hydrogen-bond acceptors (Lipinski definition) is 3. The van der Waals surface area contributed by atoms with Crippen LogP contribution in [0.5, 0.6) is 0 Å². The number of carbonyl (C=O) groups excluding carboxylic acids is 2. The third-order valence-electron chi connectivity index (χ3n) is 5.77. The average molecular weight is 288 g/mol. The maximum atomic E-state index is 12.5. The second kappa shape index (κ2) is 4.94. The lowest BCUT2D eigenvalue weighted by Gasteiger charge is -2.19. The van der Waals surface area contributed by atoms with Crippen LogP contribution >= 0.6 is 0 Å². The number of allylic oxidation sites excluding steroid dienone is 2. The van der Waals surface area contributed by atoms with Crippen molar-refractivity contribution in [1.82, 2.24) is 10.2 Å². The Balaban J connectivity index is 1.32. The smallest absolute Gasteiger partial charge is 0.233 e. The highest BCUT2D eigenvalue weighted by atomic mass is 16.2. The van der Waals surface area contributed by atoms with Crippen LogP contribution in [0.25, 0.3) is 0 Å². The molecular weight excluding hydrogens is 264 g/mol. The van der Waals surface area contributed by atoms with Crippen molar-refractivity contribution in [1.29, 1.82) is 0 Å². The third kappa shape index (κ3) is 2.24. The number of imide groups is 1. The minimum absolute atomic E-state index is 0.0450. The molecule has 2 amide bonds. The Bertz CT molecular complexity index is 467. The van der Waals surface area contributed by atoms with Gasteiger partial charge in [0, 0.05) is 19.1 Å². The van der Waals surface area contributed by atoms with Gasteiger partial charge in [-0.1, -0.05) is 25.0 Å². The van der Waals surface area contributed by atoms with E-state index in [1.165, 1.54) is 24.2 Å². The van der Waals surface area contributed by atoms with E-state index in [1.54, 1.807) is 0 Å². The number of amides is 2. The standard InChI is InChI=1S/C17H24N2O2/c1-10(8-11-2-3-11)18-6-7-19-16(20)14-12-4-5-13(9-12)15(14)17(19)21/h4-5,10-15,18H,2-3,6-9H2,1H3/t10-,12+,13+,14-,15+/m1/s1. The maximum absolute atomic E-state index is 12.5. The summed E-state index contributed by atoms with van der Waals surface area (Å²) < 4.78 is 0. The van der Waals surface area contributed by atoms with Gasteiger partial charge in [-0.25, -0.2) is 0 Å². The molecule has 1 aliphatic heterocycles. The fourth-order valence-corrected chi connectivity index (χ4v) is 4.54. The SMILES string of the molecule is C[C@H](CC1CC1)NCCN1C(=O)[C@@H]2[C@H](C1=O)[C@H]1C=C[C@H]2C1. The first kappa shape index (κ1) is 13.5. The molecule has 2 saturated carbocycles. The summed E-state index contributed by atoms with van der Waals surface area (Å²) >= 11 is 0. The lowest BCUT2D eigenvalue weighted by Crippen LogP contribution is -2.40. The van der Waals surface area contributed by atoms with E-state index < -0.39 is 0 Å². The first-order valence-corrected chi connectivity index (χ1v) is 8.42. The van der Waals surface area contributed by atoms with Crippen LogP contribution in [0.3, 0.4) is 0 Å². The van der Waals surface area contributed by atoms with Crippen molar-refractivity contribution in [2.75, 3.05) is 13.1 Å². The van der Waals surface area contributed by atoms with Gasteiger partial charge in [-0.3, -0.25) is 14.5 Å². The van der Waals surface area contributed by atoms with Gasteiger partial charge in [-0.05, 0) is 37.5 Å². The monoisotopic (exact) mass is 288 g/mol. The van der Waals surface area contributed by atoms with Gasteiger partial charge in [0.25, 0.3) is 0 Å². The second-order valence-electron chi connectivity index (χ2n) is 7.36. The van der Waals surface area contributed by atoms with Gasteiger partial charge >= 0.3 is 0 Å². The van der Waals surface area contributed by atoms with E-state index in [-0.39, 0.29) is 23.7 Å². The molecule has 1 heterocycles. The van der Waals surface area contributed by atoms with Crippen LogP contribution in [0.2, 0.25) is 0 Å². The molecular formula is C17H24N2O2. The predicted molar refractivity (Wildman–Crippen MR) is 79.2 cm³/mol. The Labute approximate surface area is 125 Å². The number of rotatable bonds is 6. The van der Waals surface area contributed by atoms with Crippen molar-refractivity contribution in [3.05, 3.63) is 12.2 Å². The first-order valence-electron chi connectivity index (χ1n) is 8.42. The Kier molecular flexibility index (Phi) is 3.18. The summed E-state index contributed by atoms with van der Waals surface area (Å²) in [4.78, 5) is 26.5. The summed E-state index contributed by atoms with van der Waals surface area (Å²) in [7, 11) is 0. The number of nitrogens with one attached hydrogen (secondary N) is 1. The van der Waals surface area contributed by atoms with E-state index in [9.17, 15) is 9.59 Å². The molecule has 0 unspecified atom stereocenters. The van der Waals surface area contributed by atoms with Crippen molar-refractivity contribution >= 4 is 11.8 Å². The lowest BCUT2D eigenvalue weighted by atomic mass is 9.85. The number of likely N-dealkylation sites (tertiary alicyclic amines) is 1. The van der Waals surface area contributed by atoms with Crippen LogP contribution < -0.4 is 5.32 Å². The molecule has 4 nitrogen and oxygen atoms in total. The summed E-state index contributed by atoms with van der Waals surface area (Å²) in [5.74, 6) is 1.62. The zero-order valence-corrected chi connectivity index (χ0v) is 12.6. The van der Waals surface area contributed by atoms with E-state index in [2.05, 4.69) is 24.4 Å². The minimum Gasteiger partial charge on any atom is -0.312 e.